The van der Waals surface area contributed by atoms with Crippen LogP contribution in [0.4, 0.5) is 0 Å². The molecule has 0 saturated heterocycles. The summed E-state index contributed by atoms with van der Waals surface area (Å²) in [5.41, 5.74) is -1.38. The maximum Gasteiger partial charge on any atom is 0.220 e. The first kappa shape index (κ1) is 24.1. The van der Waals surface area contributed by atoms with Gasteiger partial charge in [-0.3, -0.25) is 4.79 Å². The zero-order valence-corrected chi connectivity index (χ0v) is 13.4. The Hall–Kier alpha value is -0.980. The third-order valence-corrected chi connectivity index (χ3v) is 2.25. The first-order chi connectivity index (χ1) is 9.49. The highest BCUT2D eigenvalue weighted by atomic mass is 16.3. The maximum absolute atomic E-state index is 11.4. The molecule has 20 heavy (non-hydrogen) atoms. The van der Waals surface area contributed by atoms with Crippen LogP contribution in [0.2, 0.25) is 0 Å². The number of hydrogen-bond acceptors (Lipinski definition) is 5. The van der Waals surface area contributed by atoms with Crippen LogP contribution in [0.3, 0.4) is 0 Å². The van der Waals surface area contributed by atoms with Gasteiger partial charge in [0.2, 0.25) is 5.91 Å². The first-order valence-corrected chi connectivity index (χ1v) is 7.12. The van der Waals surface area contributed by atoms with Gasteiger partial charge in [0.1, 0.15) is 11.3 Å². The van der Waals surface area contributed by atoms with E-state index in [1.807, 2.05) is 27.7 Å². The van der Waals surface area contributed by atoms with Crippen molar-refractivity contribution >= 4 is 11.7 Å². The normalized spacial score (nSPS) is 9.60. The van der Waals surface area contributed by atoms with E-state index in [2.05, 4.69) is 5.32 Å². The first-order valence-electron chi connectivity index (χ1n) is 7.12. The van der Waals surface area contributed by atoms with Gasteiger partial charge in [-0.15, -0.1) is 0 Å². The predicted octanol–water partition coefficient (Wildman–Crippen LogP) is 0.630. The lowest BCUT2D eigenvalue weighted by Crippen LogP contribution is -2.57. The molecule has 1 amide bonds. The standard InChI is InChI=1S/C10H19NO5.2C2H6/c1-8(15)3-2-4-9(16)11-10(5-12,6-13)7-14;2*1-2/h12-14H,2-7H2,1H3,(H,11,16);2*1-2H3. The monoisotopic (exact) mass is 293 g/mol. The summed E-state index contributed by atoms with van der Waals surface area (Å²) in [6.45, 7) is 7.81. The smallest absolute Gasteiger partial charge is 0.220 e. The van der Waals surface area contributed by atoms with Gasteiger partial charge in [-0.25, -0.2) is 0 Å². The summed E-state index contributed by atoms with van der Waals surface area (Å²) in [5.74, 6) is -0.399. The highest BCUT2D eigenvalue weighted by Crippen LogP contribution is 2.04. The van der Waals surface area contributed by atoms with Crippen LogP contribution in [-0.4, -0.2) is 52.4 Å². The van der Waals surface area contributed by atoms with Crippen LogP contribution in [0, 0.1) is 0 Å². The van der Waals surface area contributed by atoms with Crippen molar-refractivity contribution in [3.63, 3.8) is 0 Å². The minimum absolute atomic E-state index is 0.00513. The molecule has 0 aromatic rings. The van der Waals surface area contributed by atoms with Crippen LogP contribution in [0.25, 0.3) is 0 Å². The Labute approximate surface area is 122 Å². The molecule has 0 spiro atoms. The summed E-state index contributed by atoms with van der Waals surface area (Å²) >= 11 is 0. The number of carbonyl (C=O) groups is 2. The molecule has 0 atom stereocenters. The molecule has 0 saturated carbocycles. The molecule has 0 bridgehead atoms. The third kappa shape index (κ3) is 12.1. The Morgan fingerprint density at radius 2 is 1.30 bits per heavy atom. The Morgan fingerprint density at radius 3 is 1.60 bits per heavy atom. The molecule has 6 heteroatoms. The van der Waals surface area contributed by atoms with Crippen LogP contribution in [0.15, 0.2) is 0 Å². The molecular formula is C14H31NO5. The van der Waals surface area contributed by atoms with E-state index in [0.29, 0.717) is 12.8 Å². The van der Waals surface area contributed by atoms with Crippen molar-refractivity contribution < 1.29 is 24.9 Å². The number of hydrogen-bond donors (Lipinski definition) is 4. The number of rotatable bonds is 8. The Bertz CT molecular complexity index is 231. The van der Waals surface area contributed by atoms with Crippen molar-refractivity contribution in [1.29, 1.82) is 0 Å². The summed E-state index contributed by atoms with van der Waals surface area (Å²) in [4.78, 5) is 22.0. The maximum atomic E-state index is 11.4. The lowest BCUT2D eigenvalue weighted by atomic mass is 10.0. The summed E-state index contributed by atoms with van der Waals surface area (Å²) in [7, 11) is 0. The molecule has 0 fully saturated rings. The second-order valence-electron chi connectivity index (χ2n) is 3.86. The number of carbonyl (C=O) groups excluding carboxylic acids is 2. The molecule has 6 nitrogen and oxygen atoms in total. The number of aliphatic hydroxyl groups is 3. The highest BCUT2D eigenvalue weighted by Gasteiger charge is 2.29. The van der Waals surface area contributed by atoms with Gasteiger partial charge in [0, 0.05) is 12.8 Å². The largest absolute Gasteiger partial charge is 0.394 e. The fraction of sp³-hybridized carbons (Fsp3) is 0.857. The lowest BCUT2D eigenvalue weighted by Gasteiger charge is -2.28. The summed E-state index contributed by atoms with van der Waals surface area (Å²) in [6.07, 6.45) is 0.860. The molecule has 122 valence electrons. The van der Waals surface area contributed by atoms with Gasteiger partial charge >= 0.3 is 0 Å². The van der Waals surface area contributed by atoms with E-state index >= 15 is 0 Å². The van der Waals surface area contributed by atoms with Crippen LogP contribution in [0.1, 0.15) is 53.9 Å². The second-order valence-corrected chi connectivity index (χ2v) is 3.86. The average Bonchev–Trinajstić information content (AvgIpc) is 2.48. The van der Waals surface area contributed by atoms with Gasteiger partial charge in [-0.2, -0.15) is 0 Å². The highest BCUT2D eigenvalue weighted by molar-refractivity contribution is 5.79. The van der Waals surface area contributed by atoms with E-state index in [1.54, 1.807) is 0 Å². The summed E-state index contributed by atoms with van der Waals surface area (Å²) in [6, 6.07) is 0. The van der Waals surface area contributed by atoms with E-state index in [4.69, 9.17) is 15.3 Å². The zero-order valence-electron chi connectivity index (χ0n) is 13.4. The average molecular weight is 293 g/mol. The Balaban J connectivity index is -0.000000656. The van der Waals surface area contributed by atoms with E-state index < -0.39 is 31.3 Å². The van der Waals surface area contributed by atoms with Crippen LogP contribution >= 0.6 is 0 Å². The second kappa shape index (κ2) is 16.1. The zero-order chi connectivity index (χ0) is 16.6. The van der Waals surface area contributed by atoms with E-state index in [0.717, 1.165) is 0 Å². The van der Waals surface area contributed by atoms with Gasteiger partial charge in [0.25, 0.3) is 0 Å². The molecule has 0 aromatic heterocycles. The van der Waals surface area contributed by atoms with Crippen molar-refractivity contribution in [1.82, 2.24) is 5.32 Å². The van der Waals surface area contributed by atoms with Gasteiger partial charge in [0.05, 0.1) is 19.8 Å². The number of amides is 1. The van der Waals surface area contributed by atoms with Crippen molar-refractivity contribution in [2.24, 2.45) is 0 Å². The molecule has 0 heterocycles. The van der Waals surface area contributed by atoms with Crippen molar-refractivity contribution in [2.75, 3.05) is 19.8 Å². The SMILES string of the molecule is CC.CC.CC(=O)CCCC(=O)NC(CO)(CO)CO. The van der Waals surface area contributed by atoms with Crippen molar-refractivity contribution in [3.05, 3.63) is 0 Å². The molecule has 0 aliphatic rings. The van der Waals surface area contributed by atoms with Crippen molar-refractivity contribution in [3.8, 4) is 0 Å². The molecule has 0 radical (unpaired) electrons. The van der Waals surface area contributed by atoms with E-state index in [-0.39, 0.29) is 12.2 Å². The van der Waals surface area contributed by atoms with Crippen LogP contribution in [0.5, 0.6) is 0 Å². The fourth-order valence-electron chi connectivity index (χ4n) is 1.12. The fourth-order valence-corrected chi connectivity index (χ4v) is 1.12. The molecule has 0 aliphatic carbocycles. The minimum atomic E-state index is -1.38. The molecule has 0 aliphatic heterocycles. The molecule has 0 aromatic carbocycles. The third-order valence-electron chi connectivity index (χ3n) is 2.25. The van der Waals surface area contributed by atoms with Crippen LogP contribution in [-0.2, 0) is 9.59 Å². The van der Waals surface area contributed by atoms with E-state index in [1.165, 1.54) is 6.92 Å². The van der Waals surface area contributed by atoms with E-state index in [9.17, 15) is 9.59 Å². The predicted molar refractivity (Wildman–Crippen MR) is 79.4 cm³/mol. The van der Waals surface area contributed by atoms with Gasteiger partial charge < -0.3 is 25.4 Å². The van der Waals surface area contributed by atoms with Gasteiger partial charge in [-0.05, 0) is 13.3 Å². The number of Topliss-reactive ketones (excluding diaryl/α,β-unsaturated/α-hetero) is 1. The minimum Gasteiger partial charge on any atom is -0.394 e. The number of aliphatic hydroxyl groups excluding tert-OH is 3. The van der Waals surface area contributed by atoms with Gasteiger partial charge in [0.15, 0.2) is 0 Å². The number of ketones is 1. The molecule has 0 unspecified atom stereocenters. The van der Waals surface area contributed by atoms with Crippen LogP contribution < -0.4 is 5.32 Å². The molecular weight excluding hydrogens is 262 g/mol. The molecule has 4 N–H and O–H groups in total. The van der Waals surface area contributed by atoms with Gasteiger partial charge in [-0.1, -0.05) is 27.7 Å². The quantitative estimate of drug-likeness (QED) is 0.525. The topological polar surface area (TPSA) is 107 Å². The number of nitrogens with one attached hydrogen (secondary N) is 1. The lowest BCUT2D eigenvalue weighted by molar-refractivity contribution is -0.125. The Morgan fingerprint density at radius 1 is 0.900 bits per heavy atom. The summed E-state index contributed by atoms with van der Waals surface area (Å²) in [5, 5.41) is 29.2. The Kier molecular flexibility index (Phi) is 19.3. The summed E-state index contributed by atoms with van der Waals surface area (Å²) < 4.78 is 0. The van der Waals surface area contributed by atoms with Crippen molar-refractivity contribution in [2.45, 2.75) is 59.4 Å². The molecule has 0 rings (SSSR count).